The number of rotatable bonds is 10. The van der Waals surface area contributed by atoms with Crippen LogP contribution < -0.4 is 5.43 Å². The molecule has 4 heteroatoms. The van der Waals surface area contributed by atoms with E-state index >= 15 is 0 Å². The summed E-state index contributed by atoms with van der Waals surface area (Å²) in [5.74, 6) is 0.308. The van der Waals surface area contributed by atoms with E-state index in [1.54, 1.807) is 6.92 Å². The minimum Gasteiger partial charge on any atom is -0.461 e. The van der Waals surface area contributed by atoms with Crippen molar-refractivity contribution in [3.63, 3.8) is 0 Å². The SMILES string of the molecule is CCOC(=O)c1cc(=O)c2cc(CCCCCCCC(C)C)ccc2[nH]1. The van der Waals surface area contributed by atoms with Crippen LogP contribution in [0.15, 0.2) is 29.1 Å². The van der Waals surface area contributed by atoms with Crippen LogP contribution >= 0.6 is 0 Å². The Hall–Kier alpha value is -2.10. The number of hydrogen-bond acceptors (Lipinski definition) is 3. The Balaban J connectivity index is 1.92. The molecule has 0 atom stereocenters. The van der Waals surface area contributed by atoms with Gasteiger partial charge >= 0.3 is 5.97 Å². The minimum absolute atomic E-state index is 0.141. The summed E-state index contributed by atoms with van der Waals surface area (Å²) in [6.45, 7) is 6.58. The van der Waals surface area contributed by atoms with Gasteiger partial charge in [0.1, 0.15) is 5.69 Å². The zero-order chi connectivity index (χ0) is 18.9. The summed E-state index contributed by atoms with van der Waals surface area (Å²) < 4.78 is 4.95. The van der Waals surface area contributed by atoms with Crippen LogP contribution in [0.4, 0.5) is 0 Å². The first kappa shape index (κ1) is 20.2. The lowest BCUT2D eigenvalue weighted by atomic mass is 10.0. The lowest BCUT2D eigenvalue weighted by Crippen LogP contribution is -2.12. The molecule has 0 saturated carbocycles. The maximum atomic E-state index is 12.3. The summed E-state index contributed by atoms with van der Waals surface area (Å²) >= 11 is 0. The molecule has 2 aromatic rings. The Morgan fingerprint density at radius 2 is 1.81 bits per heavy atom. The van der Waals surface area contributed by atoms with Gasteiger partial charge in [0.2, 0.25) is 0 Å². The Morgan fingerprint density at radius 1 is 1.08 bits per heavy atom. The molecule has 0 spiro atoms. The van der Waals surface area contributed by atoms with E-state index in [1.165, 1.54) is 43.7 Å². The van der Waals surface area contributed by atoms with Gasteiger partial charge in [-0.15, -0.1) is 0 Å². The molecule has 0 aliphatic heterocycles. The van der Waals surface area contributed by atoms with Crippen molar-refractivity contribution in [3.8, 4) is 0 Å². The molecule has 1 heterocycles. The summed E-state index contributed by atoms with van der Waals surface area (Å²) in [5.41, 5.74) is 1.92. The van der Waals surface area contributed by atoms with Gasteiger partial charge in [0, 0.05) is 17.0 Å². The van der Waals surface area contributed by atoms with Gasteiger partial charge in [0.25, 0.3) is 0 Å². The highest BCUT2D eigenvalue weighted by Crippen LogP contribution is 2.16. The highest BCUT2D eigenvalue weighted by atomic mass is 16.5. The molecule has 1 aromatic heterocycles. The molecular formula is C22H31NO3. The highest BCUT2D eigenvalue weighted by Gasteiger charge is 2.10. The van der Waals surface area contributed by atoms with E-state index in [4.69, 9.17) is 4.74 Å². The molecule has 0 aliphatic carbocycles. The zero-order valence-electron chi connectivity index (χ0n) is 16.3. The number of carbonyl (C=O) groups is 1. The number of carbonyl (C=O) groups excluding carboxylic acids is 1. The van der Waals surface area contributed by atoms with Gasteiger partial charge in [0.05, 0.1) is 6.61 Å². The summed E-state index contributed by atoms with van der Waals surface area (Å²) in [4.78, 5) is 27.1. The van der Waals surface area contributed by atoms with Crippen LogP contribution in [-0.2, 0) is 11.2 Å². The Bertz CT molecular complexity index is 777. The largest absolute Gasteiger partial charge is 0.461 e. The number of unbranched alkanes of at least 4 members (excludes halogenated alkanes) is 4. The average Bonchev–Trinajstić information content (AvgIpc) is 2.61. The fourth-order valence-electron chi connectivity index (χ4n) is 3.18. The van der Waals surface area contributed by atoms with Crippen molar-refractivity contribution >= 4 is 16.9 Å². The van der Waals surface area contributed by atoms with Crippen LogP contribution in [0.5, 0.6) is 0 Å². The van der Waals surface area contributed by atoms with Gasteiger partial charge in [-0.1, -0.05) is 52.0 Å². The average molecular weight is 357 g/mol. The molecule has 0 aliphatic rings. The van der Waals surface area contributed by atoms with Crippen molar-refractivity contribution in [2.45, 2.75) is 65.7 Å². The van der Waals surface area contributed by atoms with E-state index in [0.29, 0.717) is 10.9 Å². The predicted octanol–water partition coefficient (Wildman–Crippen LogP) is 5.24. The standard InChI is InChI=1S/C22H31NO3/c1-4-26-22(25)20-15-21(24)18-14-17(12-13-19(18)23-20)11-9-7-5-6-8-10-16(2)3/h12-16H,4-11H2,1-3H3,(H,23,24). The molecule has 0 fully saturated rings. The third-order valence-electron chi connectivity index (χ3n) is 4.64. The molecule has 0 unspecified atom stereocenters. The molecule has 0 amide bonds. The Kier molecular flexibility index (Phi) is 7.89. The van der Waals surface area contributed by atoms with Gasteiger partial charge in [-0.25, -0.2) is 4.79 Å². The fourth-order valence-corrected chi connectivity index (χ4v) is 3.18. The van der Waals surface area contributed by atoms with Crippen molar-refractivity contribution in [3.05, 3.63) is 45.7 Å². The summed E-state index contributed by atoms with van der Waals surface area (Å²) in [6, 6.07) is 7.20. The third-order valence-corrected chi connectivity index (χ3v) is 4.64. The molecule has 26 heavy (non-hydrogen) atoms. The van der Waals surface area contributed by atoms with E-state index in [1.807, 2.05) is 18.2 Å². The molecule has 0 saturated heterocycles. The number of H-pyrrole nitrogens is 1. The second kappa shape index (κ2) is 10.1. The van der Waals surface area contributed by atoms with Crippen molar-refractivity contribution in [2.75, 3.05) is 6.61 Å². The van der Waals surface area contributed by atoms with E-state index in [-0.39, 0.29) is 17.7 Å². The summed E-state index contributed by atoms with van der Waals surface area (Å²) in [6.07, 6.45) is 8.60. The molecule has 4 nitrogen and oxygen atoms in total. The lowest BCUT2D eigenvalue weighted by Gasteiger charge is -2.07. The quantitative estimate of drug-likeness (QED) is 0.467. The van der Waals surface area contributed by atoms with E-state index < -0.39 is 5.97 Å². The number of aromatic amines is 1. The molecule has 1 N–H and O–H groups in total. The molecule has 0 radical (unpaired) electrons. The topological polar surface area (TPSA) is 59.2 Å². The molecular weight excluding hydrogens is 326 g/mol. The number of fused-ring (bicyclic) bond motifs is 1. The van der Waals surface area contributed by atoms with Gasteiger partial charge in [-0.3, -0.25) is 4.79 Å². The first-order valence-corrected chi connectivity index (χ1v) is 9.84. The van der Waals surface area contributed by atoms with Crippen LogP contribution in [0.1, 0.15) is 75.3 Å². The third kappa shape index (κ3) is 6.01. The van der Waals surface area contributed by atoms with Crippen LogP contribution in [0.3, 0.4) is 0 Å². The van der Waals surface area contributed by atoms with Gasteiger partial charge in [-0.05, 0) is 43.4 Å². The van der Waals surface area contributed by atoms with Crippen LogP contribution in [0.2, 0.25) is 0 Å². The number of ether oxygens (including phenoxy) is 1. The number of hydrogen-bond donors (Lipinski definition) is 1. The van der Waals surface area contributed by atoms with Crippen molar-refractivity contribution < 1.29 is 9.53 Å². The molecule has 2 rings (SSSR count). The van der Waals surface area contributed by atoms with E-state index in [2.05, 4.69) is 18.8 Å². The predicted molar refractivity (Wildman–Crippen MR) is 107 cm³/mol. The highest BCUT2D eigenvalue weighted by molar-refractivity contribution is 5.91. The Labute approximate surface area is 156 Å². The van der Waals surface area contributed by atoms with Crippen LogP contribution in [0.25, 0.3) is 10.9 Å². The fraction of sp³-hybridized carbons (Fsp3) is 0.545. The number of nitrogens with one attached hydrogen (secondary N) is 1. The molecule has 142 valence electrons. The van der Waals surface area contributed by atoms with Crippen LogP contribution in [-0.4, -0.2) is 17.6 Å². The molecule has 1 aromatic carbocycles. The lowest BCUT2D eigenvalue weighted by molar-refractivity contribution is 0.0520. The first-order valence-electron chi connectivity index (χ1n) is 9.84. The van der Waals surface area contributed by atoms with Gasteiger partial charge in [0.15, 0.2) is 5.43 Å². The summed E-state index contributed by atoms with van der Waals surface area (Å²) in [5, 5.41) is 0.632. The molecule has 0 bridgehead atoms. The van der Waals surface area contributed by atoms with Crippen LogP contribution in [0, 0.1) is 5.92 Å². The monoisotopic (exact) mass is 357 g/mol. The first-order chi connectivity index (χ1) is 12.5. The number of aromatic nitrogens is 1. The minimum atomic E-state index is -0.493. The maximum absolute atomic E-state index is 12.3. The number of aryl methyl sites for hydroxylation is 1. The van der Waals surface area contributed by atoms with Crippen molar-refractivity contribution in [1.29, 1.82) is 0 Å². The van der Waals surface area contributed by atoms with E-state index in [9.17, 15) is 9.59 Å². The Morgan fingerprint density at radius 3 is 2.54 bits per heavy atom. The smallest absolute Gasteiger partial charge is 0.354 e. The zero-order valence-corrected chi connectivity index (χ0v) is 16.3. The second-order valence-corrected chi connectivity index (χ2v) is 7.35. The number of benzene rings is 1. The maximum Gasteiger partial charge on any atom is 0.354 e. The van der Waals surface area contributed by atoms with Crippen molar-refractivity contribution in [1.82, 2.24) is 4.98 Å². The van der Waals surface area contributed by atoms with Crippen molar-refractivity contribution in [2.24, 2.45) is 5.92 Å². The van der Waals surface area contributed by atoms with Gasteiger partial charge < -0.3 is 9.72 Å². The number of esters is 1. The second-order valence-electron chi connectivity index (χ2n) is 7.35. The van der Waals surface area contributed by atoms with E-state index in [0.717, 1.165) is 18.8 Å². The normalized spacial score (nSPS) is 11.2. The van der Waals surface area contributed by atoms with Gasteiger partial charge in [-0.2, -0.15) is 0 Å². The summed E-state index contributed by atoms with van der Waals surface area (Å²) in [7, 11) is 0. The number of pyridine rings is 1.